The highest BCUT2D eigenvalue weighted by atomic mass is 16.5. The van der Waals surface area contributed by atoms with Gasteiger partial charge in [0, 0.05) is 26.6 Å². The van der Waals surface area contributed by atoms with E-state index in [2.05, 4.69) is 10.1 Å². The summed E-state index contributed by atoms with van der Waals surface area (Å²) in [6.07, 6.45) is -0.0515. The van der Waals surface area contributed by atoms with E-state index < -0.39 is 24.0 Å². The molecule has 0 heterocycles. The number of carboxylic acid groups (broad SMARTS) is 1. The number of methoxy groups -OCH3 is 1. The van der Waals surface area contributed by atoms with Crippen molar-refractivity contribution < 1.29 is 29.3 Å². The maximum atomic E-state index is 11.6. The third kappa shape index (κ3) is 6.04. The molecule has 0 aromatic heterocycles. The van der Waals surface area contributed by atoms with E-state index in [1.165, 1.54) is 19.1 Å². The van der Waals surface area contributed by atoms with Gasteiger partial charge in [-0.15, -0.1) is 0 Å². The van der Waals surface area contributed by atoms with Crippen molar-refractivity contribution in [2.75, 3.05) is 27.3 Å². The van der Waals surface area contributed by atoms with E-state index in [0.717, 1.165) is 0 Å². The number of urea groups is 1. The standard InChI is InChI=1S/C10H18N2O6/c1-12(5-3-8(14)18-2)10(17)11-7(4-6-13)9(15)16/h7,13H,3-6H2,1-2H3,(H,11,17)(H,15,16)/t7-/m1/s1. The molecule has 0 aliphatic rings. The molecule has 0 unspecified atom stereocenters. The molecule has 2 amide bonds. The minimum Gasteiger partial charge on any atom is -0.480 e. The predicted molar refractivity (Wildman–Crippen MR) is 60.9 cm³/mol. The maximum Gasteiger partial charge on any atom is 0.326 e. The summed E-state index contributed by atoms with van der Waals surface area (Å²) in [4.78, 5) is 34.3. The van der Waals surface area contributed by atoms with Crippen molar-refractivity contribution in [2.24, 2.45) is 0 Å². The summed E-state index contributed by atoms with van der Waals surface area (Å²) < 4.78 is 4.41. The second-order valence-corrected chi connectivity index (χ2v) is 3.60. The molecule has 0 saturated heterocycles. The van der Waals surface area contributed by atoms with Gasteiger partial charge in [0.2, 0.25) is 0 Å². The van der Waals surface area contributed by atoms with E-state index in [1.807, 2.05) is 0 Å². The Balaban J connectivity index is 4.20. The van der Waals surface area contributed by atoms with Crippen molar-refractivity contribution in [1.82, 2.24) is 10.2 Å². The molecule has 0 aromatic rings. The Morgan fingerprint density at radius 3 is 2.44 bits per heavy atom. The van der Waals surface area contributed by atoms with Gasteiger partial charge < -0.3 is 25.2 Å². The van der Waals surface area contributed by atoms with E-state index in [0.29, 0.717) is 0 Å². The van der Waals surface area contributed by atoms with E-state index >= 15 is 0 Å². The fourth-order valence-electron chi connectivity index (χ4n) is 1.11. The average molecular weight is 262 g/mol. The number of rotatable bonds is 7. The van der Waals surface area contributed by atoms with Gasteiger partial charge in [0.15, 0.2) is 0 Å². The van der Waals surface area contributed by atoms with Gasteiger partial charge in [-0.3, -0.25) is 4.79 Å². The first-order valence-electron chi connectivity index (χ1n) is 5.34. The number of hydrogen-bond acceptors (Lipinski definition) is 5. The lowest BCUT2D eigenvalue weighted by Crippen LogP contribution is -2.47. The number of nitrogens with zero attached hydrogens (tertiary/aromatic N) is 1. The fraction of sp³-hybridized carbons (Fsp3) is 0.700. The van der Waals surface area contributed by atoms with Crippen molar-refractivity contribution in [3.05, 3.63) is 0 Å². The first-order chi connectivity index (χ1) is 8.42. The number of aliphatic hydroxyl groups is 1. The van der Waals surface area contributed by atoms with Crippen LogP contribution in [-0.2, 0) is 14.3 Å². The minimum absolute atomic E-state index is 0.0260. The molecule has 0 aliphatic carbocycles. The van der Waals surface area contributed by atoms with Gasteiger partial charge >= 0.3 is 18.0 Å². The van der Waals surface area contributed by atoms with Crippen LogP contribution in [0.4, 0.5) is 4.79 Å². The number of esters is 1. The largest absolute Gasteiger partial charge is 0.480 e. The number of hydrogen-bond donors (Lipinski definition) is 3. The van der Waals surface area contributed by atoms with E-state index in [1.54, 1.807) is 0 Å². The van der Waals surface area contributed by atoms with Crippen molar-refractivity contribution in [1.29, 1.82) is 0 Å². The third-order valence-electron chi connectivity index (χ3n) is 2.24. The number of nitrogens with one attached hydrogen (secondary N) is 1. The molecule has 0 saturated carbocycles. The van der Waals surface area contributed by atoms with Crippen LogP contribution < -0.4 is 5.32 Å². The number of carbonyl (C=O) groups excluding carboxylic acids is 2. The van der Waals surface area contributed by atoms with Crippen LogP contribution >= 0.6 is 0 Å². The van der Waals surface area contributed by atoms with Crippen molar-refractivity contribution in [3.63, 3.8) is 0 Å². The van der Waals surface area contributed by atoms with Crippen LogP contribution in [0, 0.1) is 0 Å². The Bertz CT molecular complexity index is 307. The van der Waals surface area contributed by atoms with Crippen LogP contribution in [0.25, 0.3) is 0 Å². The lowest BCUT2D eigenvalue weighted by atomic mass is 10.2. The predicted octanol–water partition coefficient (Wildman–Crippen LogP) is -0.973. The Kier molecular flexibility index (Phi) is 7.45. The van der Waals surface area contributed by atoms with Gasteiger partial charge in [-0.1, -0.05) is 0 Å². The molecular formula is C10H18N2O6. The fourth-order valence-corrected chi connectivity index (χ4v) is 1.11. The normalized spacial score (nSPS) is 11.5. The number of carbonyl (C=O) groups is 3. The van der Waals surface area contributed by atoms with Crippen molar-refractivity contribution in [3.8, 4) is 0 Å². The quantitative estimate of drug-likeness (QED) is 0.508. The molecule has 104 valence electrons. The molecule has 1 atom stereocenters. The summed E-state index contributed by atoms with van der Waals surface area (Å²) in [5.74, 6) is -1.68. The van der Waals surface area contributed by atoms with Crippen LogP contribution in [0.5, 0.6) is 0 Å². The summed E-state index contributed by atoms with van der Waals surface area (Å²) in [6.45, 7) is -0.229. The van der Waals surface area contributed by atoms with Gasteiger partial charge in [-0.25, -0.2) is 9.59 Å². The van der Waals surface area contributed by atoms with E-state index in [4.69, 9.17) is 10.2 Å². The summed E-state index contributed by atoms with van der Waals surface area (Å²) in [7, 11) is 2.67. The minimum atomic E-state index is -1.22. The molecule has 8 heteroatoms. The number of carboxylic acids is 1. The molecule has 0 radical (unpaired) electrons. The van der Waals surface area contributed by atoms with Crippen LogP contribution in [0.2, 0.25) is 0 Å². The summed E-state index contributed by atoms with van der Waals surface area (Å²) >= 11 is 0. The summed E-state index contributed by atoms with van der Waals surface area (Å²) in [5.41, 5.74) is 0. The Morgan fingerprint density at radius 1 is 1.39 bits per heavy atom. The van der Waals surface area contributed by atoms with E-state index in [-0.39, 0.29) is 26.0 Å². The third-order valence-corrected chi connectivity index (χ3v) is 2.24. The molecule has 18 heavy (non-hydrogen) atoms. The monoisotopic (exact) mass is 262 g/mol. The smallest absolute Gasteiger partial charge is 0.326 e. The molecule has 8 nitrogen and oxygen atoms in total. The molecule has 0 aromatic carbocycles. The van der Waals surface area contributed by atoms with Crippen LogP contribution in [0.1, 0.15) is 12.8 Å². The highest BCUT2D eigenvalue weighted by molar-refractivity contribution is 5.82. The highest BCUT2D eigenvalue weighted by Crippen LogP contribution is 1.96. The zero-order valence-electron chi connectivity index (χ0n) is 10.4. The second kappa shape index (κ2) is 8.29. The van der Waals surface area contributed by atoms with Gasteiger partial charge in [0.05, 0.1) is 13.5 Å². The highest BCUT2D eigenvalue weighted by Gasteiger charge is 2.21. The van der Waals surface area contributed by atoms with Gasteiger partial charge in [-0.2, -0.15) is 0 Å². The number of aliphatic hydroxyl groups excluding tert-OH is 1. The first-order valence-corrected chi connectivity index (χ1v) is 5.34. The maximum absolute atomic E-state index is 11.6. The Hall–Kier alpha value is -1.83. The van der Waals surface area contributed by atoms with Gasteiger partial charge in [0.1, 0.15) is 6.04 Å². The topological polar surface area (TPSA) is 116 Å². The van der Waals surface area contributed by atoms with E-state index in [9.17, 15) is 14.4 Å². The van der Waals surface area contributed by atoms with Gasteiger partial charge in [0.25, 0.3) is 0 Å². The second-order valence-electron chi connectivity index (χ2n) is 3.60. The summed E-state index contributed by atoms with van der Waals surface area (Å²) in [5, 5.41) is 19.7. The average Bonchev–Trinajstić information content (AvgIpc) is 2.34. The Morgan fingerprint density at radius 2 is 2.00 bits per heavy atom. The molecular weight excluding hydrogens is 244 g/mol. The van der Waals surface area contributed by atoms with Crippen molar-refractivity contribution >= 4 is 18.0 Å². The lowest BCUT2D eigenvalue weighted by molar-refractivity contribution is -0.141. The Labute approximate surface area is 105 Å². The van der Waals surface area contributed by atoms with Gasteiger partial charge in [-0.05, 0) is 0 Å². The number of amides is 2. The SMILES string of the molecule is COC(=O)CCN(C)C(=O)N[C@H](CCO)C(=O)O. The molecule has 0 bridgehead atoms. The number of ether oxygens (including phenoxy) is 1. The lowest BCUT2D eigenvalue weighted by Gasteiger charge is -2.20. The zero-order chi connectivity index (χ0) is 14.1. The first kappa shape index (κ1) is 16.2. The molecule has 0 fully saturated rings. The molecule has 0 aliphatic heterocycles. The van der Waals surface area contributed by atoms with Crippen LogP contribution in [0.3, 0.4) is 0 Å². The molecule has 0 rings (SSSR count). The number of aliphatic carboxylic acids is 1. The van der Waals surface area contributed by atoms with Crippen molar-refractivity contribution in [2.45, 2.75) is 18.9 Å². The molecule has 0 spiro atoms. The van der Waals surface area contributed by atoms with Crippen LogP contribution in [-0.4, -0.2) is 66.4 Å². The van der Waals surface area contributed by atoms with Crippen LogP contribution in [0.15, 0.2) is 0 Å². The summed E-state index contributed by atoms with van der Waals surface area (Å²) in [6, 6.07) is -1.78. The zero-order valence-corrected chi connectivity index (χ0v) is 10.4. The molecule has 3 N–H and O–H groups in total.